The maximum Gasteiger partial charge on any atom is 0.256 e. The molecule has 1 aliphatic carbocycles. The van der Waals surface area contributed by atoms with E-state index in [2.05, 4.69) is 21.2 Å². The summed E-state index contributed by atoms with van der Waals surface area (Å²) in [6, 6.07) is 9.16. The number of methoxy groups -OCH3 is 1. The van der Waals surface area contributed by atoms with Crippen LogP contribution in [0.5, 0.6) is 5.75 Å². The molecule has 0 atom stereocenters. The summed E-state index contributed by atoms with van der Waals surface area (Å²) in [4.78, 5) is 28.8. The van der Waals surface area contributed by atoms with Crippen molar-refractivity contribution in [2.75, 3.05) is 12.4 Å². The number of rotatable bonds is 4. The van der Waals surface area contributed by atoms with Gasteiger partial charge in [-0.05, 0) is 49.1 Å². The van der Waals surface area contributed by atoms with Gasteiger partial charge < -0.3 is 15.0 Å². The fourth-order valence-electron chi connectivity index (χ4n) is 4.59. The first kappa shape index (κ1) is 21.2. The van der Waals surface area contributed by atoms with E-state index in [4.69, 9.17) is 16.3 Å². The highest BCUT2D eigenvalue weighted by molar-refractivity contribution is 9.10. The van der Waals surface area contributed by atoms with Crippen LogP contribution >= 0.6 is 27.5 Å². The summed E-state index contributed by atoms with van der Waals surface area (Å²) in [6.45, 7) is 2.33. The Balaban J connectivity index is 1.69. The van der Waals surface area contributed by atoms with Crippen molar-refractivity contribution in [3.05, 3.63) is 56.5 Å². The molecule has 0 spiro atoms. The van der Waals surface area contributed by atoms with Crippen LogP contribution in [0.3, 0.4) is 0 Å². The largest absolute Gasteiger partial charge is 0.496 e. The summed E-state index contributed by atoms with van der Waals surface area (Å²) in [7, 11) is 1.61. The molecule has 30 heavy (non-hydrogen) atoms. The molecule has 0 bridgehead atoms. The first-order valence-electron chi connectivity index (χ1n) is 10.1. The minimum absolute atomic E-state index is 0.151. The van der Waals surface area contributed by atoms with E-state index in [1.165, 1.54) is 0 Å². The van der Waals surface area contributed by atoms with E-state index in [1.54, 1.807) is 18.1 Å². The van der Waals surface area contributed by atoms with Gasteiger partial charge in [-0.2, -0.15) is 0 Å². The minimum atomic E-state index is -0.894. The van der Waals surface area contributed by atoms with Crippen LogP contribution in [0.2, 0.25) is 5.02 Å². The SMILES string of the molecule is COc1cc(NC(=O)C2(N3Cc4c(Br)ccc(Cl)c4C3=O)CCCCC2)ccc1C. The van der Waals surface area contributed by atoms with E-state index in [0.29, 0.717) is 41.4 Å². The molecule has 0 unspecified atom stereocenters. The molecule has 0 aromatic heterocycles. The molecule has 1 heterocycles. The van der Waals surface area contributed by atoms with Crippen molar-refractivity contribution in [1.82, 2.24) is 4.90 Å². The number of hydrogen-bond acceptors (Lipinski definition) is 3. The highest BCUT2D eigenvalue weighted by Crippen LogP contribution is 2.43. The van der Waals surface area contributed by atoms with Crippen LogP contribution in [0.15, 0.2) is 34.8 Å². The number of amides is 2. The van der Waals surface area contributed by atoms with Gasteiger partial charge in [0.2, 0.25) is 5.91 Å². The molecule has 1 N–H and O–H groups in total. The number of carbonyl (C=O) groups excluding carboxylic acids is 2. The highest BCUT2D eigenvalue weighted by Gasteiger charge is 2.50. The fraction of sp³-hybridized carbons (Fsp3) is 0.391. The molecule has 5 nitrogen and oxygen atoms in total. The van der Waals surface area contributed by atoms with Crippen molar-refractivity contribution in [1.29, 1.82) is 0 Å². The quantitative estimate of drug-likeness (QED) is 0.595. The maximum absolute atomic E-state index is 13.6. The lowest BCUT2D eigenvalue weighted by Gasteiger charge is -2.43. The molecular weight excluding hydrogens is 468 g/mol. The summed E-state index contributed by atoms with van der Waals surface area (Å²) in [6.07, 6.45) is 4.14. The molecule has 7 heteroatoms. The Morgan fingerprint density at radius 2 is 1.93 bits per heavy atom. The Kier molecular flexibility index (Phi) is 5.82. The first-order chi connectivity index (χ1) is 14.4. The van der Waals surface area contributed by atoms with Crippen LogP contribution in [0.4, 0.5) is 5.69 Å². The van der Waals surface area contributed by atoms with Gasteiger partial charge in [0, 0.05) is 22.8 Å². The van der Waals surface area contributed by atoms with E-state index in [9.17, 15) is 9.59 Å². The lowest BCUT2D eigenvalue weighted by atomic mass is 9.79. The molecule has 2 aliphatic rings. The number of carbonyl (C=O) groups is 2. The van der Waals surface area contributed by atoms with Crippen LogP contribution in [0.25, 0.3) is 0 Å². The lowest BCUT2D eigenvalue weighted by molar-refractivity contribution is -0.129. The van der Waals surface area contributed by atoms with E-state index >= 15 is 0 Å². The second kappa shape index (κ2) is 8.23. The number of benzene rings is 2. The van der Waals surface area contributed by atoms with Gasteiger partial charge in [-0.1, -0.05) is 52.9 Å². The van der Waals surface area contributed by atoms with E-state index in [-0.39, 0.29) is 11.8 Å². The van der Waals surface area contributed by atoms with Gasteiger partial charge in [0.25, 0.3) is 5.91 Å². The normalized spacial score (nSPS) is 17.6. The third-order valence-corrected chi connectivity index (χ3v) is 7.32. The third kappa shape index (κ3) is 3.50. The zero-order valence-electron chi connectivity index (χ0n) is 17.1. The summed E-state index contributed by atoms with van der Waals surface area (Å²) in [5.74, 6) is 0.391. The van der Waals surface area contributed by atoms with Crippen molar-refractivity contribution in [3.63, 3.8) is 0 Å². The Bertz CT molecular complexity index is 1020. The molecule has 2 aromatic carbocycles. The fourth-order valence-corrected chi connectivity index (χ4v) is 5.31. The molecule has 1 saturated carbocycles. The second-order valence-corrected chi connectivity index (χ2v) is 9.27. The van der Waals surface area contributed by atoms with Gasteiger partial charge in [0.05, 0.1) is 17.7 Å². The monoisotopic (exact) mass is 490 g/mol. The average molecular weight is 492 g/mol. The summed E-state index contributed by atoms with van der Waals surface area (Å²) < 4.78 is 6.23. The number of ether oxygens (including phenoxy) is 1. The van der Waals surface area contributed by atoms with E-state index in [1.807, 2.05) is 31.2 Å². The van der Waals surface area contributed by atoms with Crippen LogP contribution in [0, 0.1) is 6.92 Å². The van der Waals surface area contributed by atoms with Crippen LogP contribution < -0.4 is 10.1 Å². The highest BCUT2D eigenvalue weighted by atomic mass is 79.9. The van der Waals surface area contributed by atoms with Crippen molar-refractivity contribution in [3.8, 4) is 5.75 Å². The Hall–Kier alpha value is -2.05. The smallest absolute Gasteiger partial charge is 0.256 e. The van der Waals surface area contributed by atoms with Gasteiger partial charge >= 0.3 is 0 Å². The predicted molar refractivity (Wildman–Crippen MR) is 121 cm³/mol. The van der Waals surface area contributed by atoms with Crippen LogP contribution in [0.1, 0.15) is 53.6 Å². The van der Waals surface area contributed by atoms with Crippen LogP contribution in [-0.4, -0.2) is 29.4 Å². The number of aryl methyl sites for hydroxylation is 1. The van der Waals surface area contributed by atoms with E-state index < -0.39 is 5.54 Å². The standard InChI is InChI=1S/C23H24BrClN2O3/c1-14-6-7-15(12-19(14)30-2)26-22(29)23(10-4-3-5-11-23)27-13-16-17(24)8-9-18(25)20(16)21(27)28/h6-9,12H,3-5,10-11,13H2,1-2H3,(H,26,29). The topological polar surface area (TPSA) is 58.6 Å². The molecule has 1 aliphatic heterocycles. The van der Waals surface area contributed by atoms with Crippen molar-refractivity contribution in [2.45, 2.75) is 51.1 Å². The lowest BCUT2D eigenvalue weighted by Crippen LogP contribution is -2.58. The number of fused-ring (bicyclic) bond motifs is 1. The van der Waals surface area contributed by atoms with Gasteiger partial charge in [-0.25, -0.2) is 0 Å². The number of halogens is 2. The Labute approximate surface area is 189 Å². The van der Waals surface area contributed by atoms with Crippen molar-refractivity contribution < 1.29 is 14.3 Å². The summed E-state index contributed by atoms with van der Waals surface area (Å²) in [5.41, 5.74) is 2.11. The number of hydrogen-bond donors (Lipinski definition) is 1. The Morgan fingerprint density at radius 3 is 2.60 bits per heavy atom. The van der Waals surface area contributed by atoms with Gasteiger partial charge in [0.15, 0.2) is 0 Å². The maximum atomic E-state index is 13.6. The van der Waals surface area contributed by atoms with E-state index in [0.717, 1.165) is 34.9 Å². The molecule has 0 radical (unpaired) electrons. The molecule has 158 valence electrons. The van der Waals surface area contributed by atoms with Gasteiger partial charge in [-0.15, -0.1) is 0 Å². The van der Waals surface area contributed by atoms with Gasteiger partial charge in [-0.3, -0.25) is 9.59 Å². The molecule has 2 amide bonds. The molecule has 1 fully saturated rings. The summed E-state index contributed by atoms with van der Waals surface area (Å²) in [5, 5.41) is 3.48. The number of nitrogens with zero attached hydrogens (tertiary/aromatic N) is 1. The summed E-state index contributed by atoms with van der Waals surface area (Å²) >= 11 is 9.90. The second-order valence-electron chi connectivity index (χ2n) is 8.00. The van der Waals surface area contributed by atoms with Crippen molar-refractivity contribution >= 4 is 45.0 Å². The zero-order chi connectivity index (χ0) is 21.5. The van der Waals surface area contributed by atoms with Crippen molar-refractivity contribution in [2.24, 2.45) is 0 Å². The zero-order valence-corrected chi connectivity index (χ0v) is 19.4. The third-order valence-electron chi connectivity index (χ3n) is 6.27. The molecule has 4 rings (SSSR count). The predicted octanol–water partition coefficient (Wildman–Crippen LogP) is 5.72. The number of nitrogens with one attached hydrogen (secondary N) is 1. The van der Waals surface area contributed by atoms with Crippen LogP contribution in [-0.2, 0) is 11.3 Å². The molecule has 2 aromatic rings. The number of anilines is 1. The first-order valence-corrected chi connectivity index (χ1v) is 11.3. The Morgan fingerprint density at radius 1 is 1.20 bits per heavy atom. The minimum Gasteiger partial charge on any atom is -0.496 e. The average Bonchev–Trinajstić information content (AvgIpc) is 3.11. The van der Waals surface area contributed by atoms with Gasteiger partial charge in [0.1, 0.15) is 11.3 Å². The molecular formula is C23H24BrClN2O3. The molecule has 0 saturated heterocycles.